The number of fused-ring (bicyclic) bond motifs is 1. The molecule has 0 amide bonds. The third-order valence-corrected chi connectivity index (χ3v) is 4.26. The Morgan fingerprint density at radius 3 is 2.52 bits per heavy atom. The van der Waals surface area contributed by atoms with E-state index in [0.29, 0.717) is 0 Å². The third kappa shape index (κ3) is 3.08. The second-order valence-corrected chi connectivity index (χ2v) is 5.94. The molecule has 0 fully saturated rings. The van der Waals surface area contributed by atoms with Gasteiger partial charge in [0, 0.05) is 6.42 Å². The summed E-state index contributed by atoms with van der Waals surface area (Å²) in [7, 11) is 1.64. The fourth-order valence-corrected chi connectivity index (χ4v) is 3.10. The van der Waals surface area contributed by atoms with E-state index in [0.717, 1.165) is 39.2 Å². The van der Waals surface area contributed by atoms with Crippen LogP contribution in [0.25, 0.3) is 17.2 Å². The van der Waals surface area contributed by atoms with Gasteiger partial charge in [-0.1, -0.05) is 36.4 Å². The maximum atomic E-state index is 11.5. The molecule has 0 atom stereocenters. The van der Waals surface area contributed by atoms with Crippen LogP contribution in [0.4, 0.5) is 0 Å². The molecular weight excluding hydrogens is 308 g/mol. The van der Waals surface area contributed by atoms with Gasteiger partial charge in [0.15, 0.2) is 0 Å². The summed E-state index contributed by atoms with van der Waals surface area (Å²) in [5.41, 5.74) is 6.45. The highest BCUT2D eigenvalue weighted by molar-refractivity contribution is 6.64. The number of hydrogen-bond donors (Lipinski definition) is 0. The van der Waals surface area contributed by atoms with Gasteiger partial charge in [0.2, 0.25) is 5.24 Å². The van der Waals surface area contributed by atoms with Crippen molar-refractivity contribution < 1.29 is 9.53 Å². The van der Waals surface area contributed by atoms with Crippen LogP contribution in [0, 0.1) is 0 Å². The van der Waals surface area contributed by atoms with E-state index < -0.39 is 0 Å². The minimum atomic E-state index is -0.353. The summed E-state index contributed by atoms with van der Waals surface area (Å²) in [5.74, 6) is 0.775. The predicted octanol–water partition coefficient (Wildman–Crippen LogP) is 5.18. The van der Waals surface area contributed by atoms with Crippen molar-refractivity contribution in [3.8, 4) is 5.75 Å². The second-order valence-electron chi connectivity index (χ2n) is 5.52. The Morgan fingerprint density at radius 1 is 1.13 bits per heavy atom. The van der Waals surface area contributed by atoms with Gasteiger partial charge in [-0.3, -0.25) is 4.79 Å². The van der Waals surface area contributed by atoms with Crippen molar-refractivity contribution in [3.63, 3.8) is 0 Å². The molecule has 0 aliphatic heterocycles. The highest BCUT2D eigenvalue weighted by Crippen LogP contribution is 2.45. The number of carbonyl (C=O) groups excluding carboxylic acids is 1. The summed E-state index contributed by atoms with van der Waals surface area (Å²) in [6.45, 7) is 2.04. The topological polar surface area (TPSA) is 26.3 Å². The molecule has 1 aliphatic carbocycles. The Morgan fingerprint density at radius 2 is 1.87 bits per heavy atom. The minimum absolute atomic E-state index is 0.222. The van der Waals surface area contributed by atoms with Gasteiger partial charge in [0.1, 0.15) is 5.75 Å². The molecule has 0 N–H and O–H groups in total. The number of carbonyl (C=O) groups is 1. The first kappa shape index (κ1) is 15.6. The minimum Gasteiger partial charge on any atom is -0.497 e. The van der Waals surface area contributed by atoms with E-state index in [-0.39, 0.29) is 11.7 Å². The maximum absolute atomic E-state index is 11.5. The van der Waals surface area contributed by atoms with Crippen molar-refractivity contribution >= 4 is 34.1 Å². The number of allylic oxidation sites excluding steroid dienone is 3. The first-order chi connectivity index (χ1) is 11.1. The molecule has 23 heavy (non-hydrogen) atoms. The van der Waals surface area contributed by atoms with Crippen LogP contribution < -0.4 is 4.74 Å². The largest absolute Gasteiger partial charge is 0.497 e. The number of ether oxygens (including phenoxy) is 1. The van der Waals surface area contributed by atoms with Crippen molar-refractivity contribution in [2.75, 3.05) is 7.11 Å². The lowest BCUT2D eigenvalue weighted by atomic mass is 10.0. The van der Waals surface area contributed by atoms with Crippen molar-refractivity contribution in [2.24, 2.45) is 0 Å². The summed E-state index contributed by atoms with van der Waals surface area (Å²) >= 11 is 5.65. The summed E-state index contributed by atoms with van der Waals surface area (Å²) < 4.78 is 5.32. The standard InChI is InChI=1S/C20H17ClO2/c1-13-17(10-14-6-4-3-5-7-14)16-9-8-15(23-2)11-19(16)18(13)12-20(21)22/h3-11H,12H2,1-2H3/b17-10-. The number of benzene rings is 2. The third-order valence-electron chi connectivity index (χ3n) is 4.13. The van der Waals surface area contributed by atoms with Gasteiger partial charge in [0.05, 0.1) is 7.11 Å². The second kappa shape index (κ2) is 6.43. The van der Waals surface area contributed by atoms with E-state index >= 15 is 0 Å². The Kier molecular flexibility index (Phi) is 4.35. The smallest absolute Gasteiger partial charge is 0.226 e. The van der Waals surface area contributed by atoms with E-state index in [9.17, 15) is 4.79 Å². The van der Waals surface area contributed by atoms with Crippen LogP contribution in [0.3, 0.4) is 0 Å². The number of methoxy groups -OCH3 is 1. The SMILES string of the molecule is COc1ccc2c(c1)C(CC(=O)Cl)=C(C)/C2=C/c1ccccc1. The van der Waals surface area contributed by atoms with Gasteiger partial charge in [0.25, 0.3) is 0 Å². The molecule has 0 heterocycles. The molecular formula is C20H17ClO2. The Bertz CT molecular complexity index is 817. The molecule has 0 saturated carbocycles. The molecule has 2 aromatic carbocycles. The van der Waals surface area contributed by atoms with Crippen molar-refractivity contribution in [2.45, 2.75) is 13.3 Å². The number of halogens is 1. The lowest BCUT2D eigenvalue weighted by Gasteiger charge is -2.07. The van der Waals surface area contributed by atoms with Gasteiger partial charge in [-0.15, -0.1) is 0 Å². The average molecular weight is 325 g/mol. The molecule has 0 saturated heterocycles. The van der Waals surface area contributed by atoms with E-state index in [2.05, 4.69) is 18.2 Å². The molecule has 116 valence electrons. The lowest BCUT2D eigenvalue weighted by molar-refractivity contribution is -0.110. The molecule has 3 heteroatoms. The first-order valence-corrected chi connectivity index (χ1v) is 7.82. The Hall–Kier alpha value is -2.32. The fraction of sp³-hybridized carbons (Fsp3) is 0.150. The summed E-state index contributed by atoms with van der Waals surface area (Å²) in [5, 5.41) is -0.353. The van der Waals surface area contributed by atoms with E-state index in [1.54, 1.807) is 7.11 Å². The molecule has 0 spiro atoms. The predicted molar refractivity (Wildman–Crippen MR) is 95.4 cm³/mol. The fourth-order valence-electron chi connectivity index (χ4n) is 2.97. The van der Waals surface area contributed by atoms with Crippen molar-refractivity contribution in [1.29, 1.82) is 0 Å². The highest BCUT2D eigenvalue weighted by Gasteiger charge is 2.25. The average Bonchev–Trinajstić information content (AvgIpc) is 2.80. The van der Waals surface area contributed by atoms with Crippen molar-refractivity contribution in [1.82, 2.24) is 0 Å². The van der Waals surface area contributed by atoms with Crippen LogP contribution >= 0.6 is 11.6 Å². The number of rotatable bonds is 4. The monoisotopic (exact) mass is 324 g/mol. The van der Waals surface area contributed by atoms with Crippen LogP contribution in [-0.2, 0) is 4.79 Å². The van der Waals surface area contributed by atoms with E-state index in [1.807, 2.05) is 43.3 Å². The van der Waals surface area contributed by atoms with Gasteiger partial charge < -0.3 is 4.74 Å². The van der Waals surface area contributed by atoms with Crippen LogP contribution in [0.2, 0.25) is 0 Å². The summed E-state index contributed by atoms with van der Waals surface area (Å²) in [6.07, 6.45) is 2.37. The Balaban J connectivity index is 2.17. The zero-order valence-electron chi connectivity index (χ0n) is 13.1. The zero-order chi connectivity index (χ0) is 16.4. The van der Waals surface area contributed by atoms with Gasteiger partial charge >= 0.3 is 0 Å². The Labute approximate surface area is 141 Å². The molecule has 2 nitrogen and oxygen atoms in total. The molecule has 3 rings (SSSR count). The highest BCUT2D eigenvalue weighted by atomic mass is 35.5. The summed E-state index contributed by atoms with van der Waals surface area (Å²) in [4.78, 5) is 11.5. The summed E-state index contributed by atoms with van der Waals surface area (Å²) in [6, 6.07) is 16.1. The van der Waals surface area contributed by atoms with Crippen LogP contribution in [0.1, 0.15) is 30.0 Å². The molecule has 0 unspecified atom stereocenters. The van der Waals surface area contributed by atoms with Gasteiger partial charge in [-0.2, -0.15) is 0 Å². The van der Waals surface area contributed by atoms with Gasteiger partial charge in [-0.25, -0.2) is 0 Å². The van der Waals surface area contributed by atoms with E-state index in [1.165, 1.54) is 0 Å². The zero-order valence-corrected chi connectivity index (χ0v) is 13.9. The molecule has 0 bridgehead atoms. The lowest BCUT2D eigenvalue weighted by Crippen LogP contribution is -1.92. The molecule has 0 radical (unpaired) electrons. The molecule has 1 aliphatic rings. The van der Waals surface area contributed by atoms with Crippen LogP contribution in [0.15, 0.2) is 54.1 Å². The maximum Gasteiger partial charge on any atom is 0.226 e. The van der Waals surface area contributed by atoms with Crippen LogP contribution in [-0.4, -0.2) is 12.4 Å². The van der Waals surface area contributed by atoms with Crippen molar-refractivity contribution in [3.05, 3.63) is 70.8 Å². The van der Waals surface area contributed by atoms with E-state index in [4.69, 9.17) is 16.3 Å². The molecule has 0 aromatic heterocycles. The van der Waals surface area contributed by atoms with Crippen LogP contribution in [0.5, 0.6) is 5.75 Å². The normalized spacial score (nSPS) is 15.0. The quantitative estimate of drug-likeness (QED) is 0.724. The van der Waals surface area contributed by atoms with Gasteiger partial charge in [-0.05, 0) is 70.1 Å². The number of hydrogen-bond acceptors (Lipinski definition) is 2. The first-order valence-electron chi connectivity index (χ1n) is 7.44. The molecule has 2 aromatic rings.